The molecule has 1 unspecified atom stereocenters. The quantitative estimate of drug-likeness (QED) is 0.690. The average Bonchev–Trinajstić information content (AvgIpc) is 3.28. The number of amides is 3. The first-order valence-corrected chi connectivity index (χ1v) is 12.5. The topological polar surface area (TPSA) is 52.7 Å². The van der Waals surface area contributed by atoms with E-state index < -0.39 is 0 Å². The molecule has 0 spiro atoms. The smallest absolute Gasteiger partial charge is 0.318 e. The SMILES string of the molecule is CCCN(CC(=O)N1CCc2sccc2C1c1ccccc1)C(=O)NC1CCCCC1. The Morgan fingerprint density at radius 2 is 1.90 bits per heavy atom. The van der Waals surface area contributed by atoms with Gasteiger partial charge in [0.15, 0.2) is 0 Å². The van der Waals surface area contributed by atoms with E-state index in [0.717, 1.165) is 31.2 Å². The minimum Gasteiger partial charge on any atom is -0.335 e. The lowest BCUT2D eigenvalue weighted by atomic mass is 9.93. The first-order valence-electron chi connectivity index (χ1n) is 11.6. The van der Waals surface area contributed by atoms with Crippen LogP contribution < -0.4 is 5.32 Å². The van der Waals surface area contributed by atoms with Crippen LogP contribution >= 0.6 is 11.3 Å². The summed E-state index contributed by atoms with van der Waals surface area (Å²) in [5.74, 6) is 0.0259. The third kappa shape index (κ3) is 5.12. The first kappa shape index (κ1) is 21.9. The van der Waals surface area contributed by atoms with Crippen LogP contribution in [0.15, 0.2) is 41.8 Å². The van der Waals surface area contributed by atoms with Crippen molar-refractivity contribution in [2.75, 3.05) is 19.6 Å². The molecule has 1 N–H and O–H groups in total. The van der Waals surface area contributed by atoms with Gasteiger partial charge in [0.25, 0.3) is 0 Å². The van der Waals surface area contributed by atoms with E-state index in [1.54, 1.807) is 16.2 Å². The molecule has 1 fully saturated rings. The molecule has 0 bridgehead atoms. The highest BCUT2D eigenvalue weighted by atomic mass is 32.1. The summed E-state index contributed by atoms with van der Waals surface area (Å²) in [5.41, 5.74) is 2.35. The lowest BCUT2D eigenvalue weighted by Gasteiger charge is -2.38. The maximum atomic E-state index is 13.5. The summed E-state index contributed by atoms with van der Waals surface area (Å²) in [4.78, 5) is 31.5. The number of hydrogen-bond acceptors (Lipinski definition) is 3. The fourth-order valence-electron chi connectivity index (χ4n) is 4.87. The molecule has 1 atom stereocenters. The molecule has 1 aromatic carbocycles. The lowest BCUT2D eigenvalue weighted by Crippen LogP contribution is -2.51. The number of urea groups is 1. The van der Waals surface area contributed by atoms with E-state index in [1.807, 2.05) is 23.1 Å². The van der Waals surface area contributed by atoms with Crippen LogP contribution in [0, 0.1) is 0 Å². The van der Waals surface area contributed by atoms with Crippen LogP contribution in [-0.2, 0) is 11.2 Å². The van der Waals surface area contributed by atoms with E-state index in [4.69, 9.17) is 0 Å². The predicted octanol–water partition coefficient (Wildman–Crippen LogP) is 4.98. The molecule has 31 heavy (non-hydrogen) atoms. The summed E-state index contributed by atoms with van der Waals surface area (Å²) in [6.45, 7) is 3.47. The summed E-state index contributed by atoms with van der Waals surface area (Å²) in [6, 6.07) is 12.5. The zero-order valence-corrected chi connectivity index (χ0v) is 19.2. The van der Waals surface area contributed by atoms with E-state index in [9.17, 15) is 9.59 Å². The summed E-state index contributed by atoms with van der Waals surface area (Å²) < 4.78 is 0. The van der Waals surface area contributed by atoms with Gasteiger partial charge < -0.3 is 15.1 Å². The largest absolute Gasteiger partial charge is 0.335 e. The number of carbonyl (C=O) groups is 2. The zero-order chi connectivity index (χ0) is 21.6. The minimum absolute atomic E-state index is 0.0259. The Labute approximate surface area is 189 Å². The fourth-order valence-corrected chi connectivity index (χ4v) is 5.77. The summed E-state index contributed by atoms with van der Waals surface area (Å²) in [5, 5.41) is 5.31. The second kappa shape index (κ2) is 10.3. The Morgan fingerprint density at radius 3 is 2.65 bits per heavy atom. The highest BCUT2D eigenvalue weighted by molar-refractivity contribution is 7.10. The van der Waals surface area contributed by atoms with Crippen LogP contribution in [-0.4, -0.2) is 47.4 Å². The van der Waals surface area contributed by atoms with Crippen LogP contribution in [0.4, 0.5) is 4.79 Å². The van der Waals surface area contributed by atoms with Gasteiger partial charge in [0.05, 0.1) is 6.04 Å². The van der Waals surface area contributed by atoms with Crippen molar-refractivity contribution in [2.24, 2.45) is 0 Å². The molecule has 1 saturated carbocycles. The monoisotopic (exact) mass is 439 g/mol. The van der Waals surface area contributed by atoms with E-state index in [1.165, 1.54) is 29.7 Å². The third-order valence-corrected chi connectivity index (χ3v) is 7.44. The molecule has 3 amide bonds. The van der Waals surface area contributed by atoms with E-state index >= 15 is 0 Å². The van der Waals surface area contributed by atoms with Crippen molar-refractivity contribution in [3.63, 3.8) is 0 Å². The fraction of sp³-hybridized carbons (Fsp3) is 0.520. The Balaban J connectivity index is 1.50. The molecule has 1 aromatic heterocycles. The van der Waals surface area contributed by atoms with Crippen molar-refractivity contribution in [1.82, 2.24) is 15.1 Å². The molecule has 0 saturated heterocycles. The Kier molecular flexibility index (Phi) is 7.28. The second-order valence-corrected chi connectivity index (χ2v) is 9.66. The van der Waals surface area contributed by atoms with Gasteiger partial charge in [-0.1, -0.05) is 56.5 Å². The summed E-state index contributed by atoms with van der Waals surface area (Å²) >= 11 is 1.77. The Bertz CT molecular complexity index is 876. The summed E-state index contributed by atoms with van der Waals surface area (Å²) in [7, 11) is 0. The second-order valence-electron chi connectivity index (χ2n) is 8.66. The summed E-state index contributed by atoms with van der Waals surface area (Å²) in [6.07, 6.45) is 7.40. The van der Waals surface area contributed by atoms with Crippen LogP contribution in [0.1, 0.15) is 67.5 Å². The van der Waals surface area contributed by atoms with Gasteiger partial charge in [0.2, 0.25) is 5.91 Å². The van der Waals surface area contributed by atoms with E-state index in [2.05, 4.69) is 35.8 Å². The molecule has 2 aliphatic rings. The molecular formula is C25H33N3O2S. The normalized spacial score (nSPS) is 19.0. The van der Waals surface area contributed by atoms with Gasteiger partial charge in [-0.3, -0.25) is 4.79 Å². The molecular weight excluding hydrogens is 406 g/mol. The number of hydrogen-bond donors (Lipinski definition) is 1. The third-order valence-electron chi connectivity index (χ3n) is 6.44. The van der Waals surface area contributed by atoms with Crippen molar-refractivity contribution in [3.8, 4) is 0 Å². The van der Waals surface area contributed by atoms with Gasteiger partial charge in [-0.15, -0.1) is 11.3 Å². The van der Waals surface area contributed by atoms with Gasteiger partial charge in [-0.25, -0.2) is 4.79 Å². The van der Waals surface area contributed by atoms with Crippen molar-refractivity contribution < 1.29 is 9.59 Å². The highest BCUT2D eigenvalue weighted by Crippen LogP contribution is 2.37. The number of thiophene rings is 1. The molecule has 5 nitrogen and oxygen atoms in total. The van der Waals surface area contributed by atoms with Gasteiger partial charge in [0.1, 0.15) is 6.54 Å². The van der Waals surface area contributed by atoms with Crippen molar-refractivity contribution in [1.29, 1.82) is 0 Å². The molecule has 166 valence electrons. The number of benzene rings is 1. The number of nitrogens with zero attached hydrogens (tertiary/aromatic N) is 2. The molecule has 1 aliphatic heterocycles. The zero-order valence-electron chi connectivity index (χ0n) is 18.4. The van der Waals surface area contributed by atoms with Crippen molar-refractivity contribution in [2.45, 2.75) is 64.0 Å². The number of nitrogens with one attached hydrogen (secondary N) is 1. The maximum absolute atomic E-state index is 13.5. The van der Waals surface area contributed by atoms with Gasteiger partial charge in [-0.05, 0) is 48.3 Å². The molecule has 1 aliphatic carbocycles. The van der Waals surface area contributed by atoms with Gasteiger partial charge in [0, 0.05) is 24.0 Å². The highest BCUT2D eigenvalue weighted by Gasteiger charge is 2.34. The number of fused-ring (bicyclic) bond motifs is 1. The number of carbonyl (C=O) groups excluding carboxylic acids is 2. The number of rotatable bonds is 6. The van der Waals surface area contributed by atoms with Crippen LogP contribution in [0.3, 0.4) is 0 Å². The minimum atomic E-state index is -0.0911. The van der Waals surface area contributed by atoms with E-state index in [0.29, 0.717) is 13.1 Å². The molecule has 4 rings (SSSR count). The maximum Gasteiger partial charge on any atom is 0.318 e. The Hall–Kier alpha value is -2.34. The first-order chi connectivity index (χ1) is 15.2. The predicted molar refractivity (Wildman–Crippen MR) is 125 cm³/mol. The van der Waals surface area contributed by atoms with Crippen molar-refractivity contribution >= 4 is 23.3 Å². The average molecular weight is 440 g/mol. The van der Waals surface area contributed by atoms with Gasteiger partial charge >= 0.3 is 6.03 Å². The molecule has 0 radical (unpaired) electrons. The van der Waals surface area contributed by atoms with E-state index in [-0.39, 0.29) is 30.6 Å². The molecule has 2 aromatic rings. The Morgan fingerprint density at radius 1 is 1.13 bits per heavy atom. The van der Waals surface area contributed by atoms with Crippen LogP contribution in [0.5, 0.6) is 0 Å². The van der Waals surface area contributed by atoms with Gasteiger partial charge in [-0.2, -0.15) is 0 Å². The van der Waals surface area contributed by atoms with Crippen LogP contribution in [0.2, 0.25) is 0 Å². The standard InChI is InChI=1S/C25H33N3O2S/c1-2-15-27(25(30)26-20-11-7-4-8-12-20)18-23(29)28-16-13-22-21(14-17-31-22)24(28)19-9-5-3-6-10-19/h3,5-6,9-10,14,17,20,24H,2,4,7-8,11-13,15-16,18H2,1H3,(H,26,30). The van der Waals surface area contributed by atoms with Crippen LogP contribution in [0.25, 0.3) is 0 Å². The molecule has 6 heteroatoms. The molecule has 2 heterocycles. The van der Waals surface area contributed by atoms with Crippen molar-refractivity contribution in [3.05, 3.63) is 57.8 Å². The lowest BCUT2D eigenvalue weighted by molar-refractivity contribution is -0.133.